The van der Waals surface area contributed by atoms with Crippen molar-refractivity contribution in [1.29, 1.82) is 0 Å². The van der Waals surface area contributed by atoms with Crippen LogP contribution in [0.3, 0.4) is 0 Å². The van der Waals surface area contributed by atoms with Crippen molar-refractivity contribution in [3.8, 4) is 5.75 Å². The van der Waals surface area contributed by atoms with Crippen molar-refractivity contribution in [1.82, 2.24) is 10.2 Å². The van der Waals surface area contributed by atoms with Gasteiger partial charge in [-0.1, -0.05) is 12.1 Å². The Labute approximate surface area is 201 Å². The van der Waals surface area contributed by atoms with E-state index in [-0.39, 0.29) is 30.3 Å². The van der Waals surface area contributed by atoms with Crippen molar-refractivity contribution in [2.75, 3.05) is 13.7 Å². The fourth-order valence-corrected chi connectivity index (χ4v) is 4.41. The second-order valence-electron chi connectivity index (χ2n) is 9.69. The number of phenols is 1. The van der Waals surface area contributed by atoms with Crippen LogP contribution in [0.4, 0.5) is 13.6 Å². The number of aliphatic imine (C=N–C) groups is 1. The third kappa shape index (κ3) is 4.84. The average molecular weight is 488 g/mol. The van der Waals surface area contributed by atoms with Crippen molar-refractivity contribution < 1.29 is 33.0 Å². The van der Waals surface area contributed by atoms with E-state index in [0.717, 1.165) is 6.07 Å². The first kappa shape index (κ1) is 24.6. The van der Waals surface area contributed by atoms with Gasteiger partial charge in [0.25, 0.3) is 0 Å². The number of alkyl carbamates (subject to hydrolysis) is 1. The minimum atomic E-state index is -1.56. The predicted molar refractivity (Wildman–Crippen MR) is 123 cm³/mol. The van der Waals surface area contributed by atoms with Gasteiger partial charge in [-0.3, -0.25) is 15.0 Å². The van der Waals surface area contributed by atoms with Crippen LogP contribution in [0.15, 0.2) is 47.5 Å². The van der Waals surface area contributed by atoms with E-state index in [2.05, 4.69) is 10.3 Å². The SMILES string of the molecule is CN1C(=O)[C@@H]2C[C@H](c3ccc(F)cc3)OC[C@]2(c2cc(O)ccc2F)N=C1NC(=O)OC(C)(C)C. The number of carbonyl (C=O) groups excluding carboxylic acids is 2. The van der Waals surface area contributed by atoms with Gasteiger partial charge in [0.15, 0.2) is 0 Å². The van der Waals surface area contributed by atoms with Gasteiger partial charge in [0.05, 0.1) is 18.6 Å². The third-order valence-corrected chi connectivity index (χ3v) is 6.05. The number of hydrogen-bond donors (Lipinski definition) is 2. The molecule has 0 spiro atoms. The zero-order valence-corrected chi connectivity index (χ0v) is 19.8. The number of halogens is 2. The second-order valence-corrected chi connectivity index (χ2v) is 9.69. The molecule has 2 amide bonds. The van der Waals surface area contributed by atoms with Crippen molar-refractivity contribution in [3.05, 3.63) is 65.2 Å². The molecule has 8 nitrogen and oxygen atoms in total. The zero-order valence-electron chi connectivity index (χ0n) is 19.8. The van der Waals surface area contributed by atoms with Crippen LogP contribution in [-0.4, -0.2) is 47.2 Å². The van der Waals surface area contributed by atoms with E-state index in [1.165, 1.54) is 36.2 Å². The van der Waals surface area contributed by atoms with Crippen LogP contribution in [-0.2, 0) is 19.8 Å². The quantitative estimate of drug-likeness (QED) is 0.667. The normalized spacial score (nSPS) is 24.5. The van der Waals surface area contributed by atoms with Crippen LogP contribution in [0.5, 0.6) is 5.75 Å². The Hall–Kier alpha value is -3.53. The Morgan fingerprint density at radius 3 is 2.57 bits per heavy atom. The average Bonchev–Trinajstić information content (AvgIpc) is 2.78. The van der Waals surface area contributed by atoms with E-state index >= 15 is 4.39 Å². The summed E-state index contributed by atoms with van der Waals surface area (Å²) >= 11 is 0. The number of rotatable bonds is 2. The van der Waals surface area contributed by atoms with Crippen LogP contribution in [0.1, 0.15) is 44.4 Å². The molecular weight excluding hydrogens is 460 g/mol. The first-order valence-corrected chi connectivity index (χ1v) is 11.1. The molecule has 0 unspecified atom stereocenters. The second kappa shape index (κ2) is 8.92. The molecule has 0 radical (unpaired) electrons. The Bertz CT molecular complexity index is 1180. The number of phenolic OH excluding ortho intramolecular Hbond substituents is 1. The van der Waals surface area contributed by atoms with Gasteiger partial charge in [-0.25, -0.2) is 18.6 Å². The van der Waals surface area contributed by atoms with Gasteiger partial charge < -0.3 is 14.6 Å². The highest BCUT2D eigenvalue weighted by atomic mass is 19.1. The summed E-state index contributed by atoms with van der Waals surface area (Å²) in [6, 6.07) is 9.21. The Morgan fingerprint density at radius 2 is 1.91 bits per heavy atom. The van der Waals surface area contributed by atoms with E-state index in [0.29, 0.717) is 5.56 Å². The number of amides is 2. The summed E-state index contributed by atoms with van der Waals surface area (Å²) in [5.74, 6) is -2.75. The number of ether oxygens (including phenoxy) is 2. The lowest BCUT2D eigenvalue weighted by molar-refractivity contribution is -0.146. The molecule has 4 rings (SSSR count). The molecule has 186 valence electrons. The molecule has 3 atom stereocenters. The maximum absolute atomic E-state index is 15.1. The number of aromatic hydroxyl groups is 1. The van der Waals surface area contributed by atoms with Crippen LogP contribution in [0.2, 0.25) is 0 Å². The molecule has 2 aliphatic rings. The van der Waals surface area contributed by atoms with Gasteiger partial charge in [-0.2, -0.15) is 0 Å². The topological polar surface area (TPSA) is 100 Å². The largest absolute Gasteiger partial charge is 0.508 e. The van der Waals surface area contributed by atoms with Gasteiger partial charge in [0, 0.05) is 12.6 Å². The van der Waals surface area contributed by atoms with Crippen molar-refractivity contribution in [2.24, 2.45) is 10.9 Å². The molecule has 10 heteroatoms. The highest BCUT2D eigenvalue weighted by Gasteiger charge is 2.55. The molecule has 2 heterocycles. The summed E-state index contributed by atoms with van der Waals surface area (Å²) in [6.07, 6.45) is -1.28. The fraction of sp³-hybridized carbons (Fsp3) is 0.400. The van der Waals surface area contributed by atoms with Crippen LogP contribution in [0.25, 0.3) is 0 Å². The maximum atomic E-state index is 15.1. The van der Waals surface area contributed by atoms with Gasteiger partial charge in [-0.05, 0) is 63.1 Å². The summed E-state index contributed by atoms with van der Waals surface area (Å²) in [5, 5.41) is 12.6. The minimum absolute atomic E-state index is 0.0370. The third-order valence-electron chi connectivity index (χ3n) is 6.05. The molecular formula is C25H27F2N3O5. The number of carbonyl (C=O) groups is 2. The number of hydrogen-bond acceptors (Lipinski definition) is 6. The number of nitrogens with zero attached hydrogens (tertiary/aromatic N) is 2. The molecule has 1 saturated heterocycles. The molecule has 0 saturated carbocycles. The molecule has 0 aliphatic carbocycles. The molecule has 2 N–H and O–H groups in total. The summed E-state index contributed by atoms with van der Waals surface area (Å²) < 4.78 is 39.9. The monoisotopic (exact) mass is 487 g/mol. The van der Waals surface area contributed by atoms with Crippen LogP contribution >= 0.6 is 0 Å². The van der Waals surface area contributed by atoms with Gasteiger partial charge in [-0.15, -0.1) is 0 Å². The summed E-state index contributed by atoms with van der Waals surface area (Å²) in [4.78, 5) is 31.8. The molecule has 2 aliphatic heterocycles. The van der Waals surface area contributed by atoms with E-state index in [9.17, 15) is 19.1 Å². The number of benzene rings is 2. The highest BCUT2D eigenvalue weighted by Crippen LogP contribution is 2.49. The van der Waals surface area contributed by atoms with E-state index in [1.807, 2.05) is 0 Å². The smallest absolute Gasteiger partial charge is 0.414 e. The highest BCUT2D eigenvalue weighted by molar-refractivity contribution is 6.05. The molecule has 35 heavy (non-hydrogen) atoms. The molecule has 2 aromatic carbocycles. The lowest BCUT2D eigenvalue weighted by Gasteiger charge is -2.47. The molecule has 2 aromatic rings. The first-order valence-electron chi connectivity index (χ1n) is 11.1. The van der Waals surface area contributed by atoms with Crippen LogP contribution < -0.4 is 5.32 Å². The standard InChI is InChI=1S/C25H27F2N3O5/c1-24(2,3)35-23(33)28-22-29-25(17-11-16(31)9-10-19(17)27)13-34-20(12-18(25)21(32)30(22)4)14-5-7-15(26)8-6-14/h5-11,18,20,31H,12-13H2,1-4H3,(H,28,29,33)/t18-,20+,25+/m0/s1. The Morgan fingerprint density at radius 1 is 1.23 bits per heavy atom. The summed E-state index contributed by atoms with van der Waals surface area (Å²) in [6.45, 7) is 4.84. The van der Waals surface area contributed by atoms with Crippen LogP contribution in [0, 0.1) is 17.6 Å². The fourth-order valence-electron chi connectivity index (χ4n) is 4.41. The number of nitrogens with one attached hydrogen (secondary N) is 1. The summed E-state index contributed by atoms with van der Waals surface area (Å²) in [7, 11) is 1.45. The van der Waals surface area contributed by atoms with Crippen molar-refractivity contribution in [3.63, 3.8) is 0 Å². The lowest BCUT2D eigenvalue weighted by Crippen LogP contribution is -2.60. The zero-order chi connectivity index (χ0) is 25.5. The van der Waals surface area contributed by atoms with Gasteiger partial charge >= 0.3 is 6.09 Å². The van der Waals surface area contributed by atoms with Gasteiger partial charge in [0.1, 0.15) is 28.5 Å². The first-order chi connectivity index (χ1) is 16.4. The molecule has 0 aromatic heterocycles. The van der Waals surface area contributed by atoms with Crippen molar-refractivity contribution in [2.45, 2.75) is 44.4 Å². The lowest BCUT2D eigenvalue weighted by atomic mass is 9.72. The Kier molecular flexibility index (Phi) is 6.27. The summed E-state index contributed by atoms with van der Waals surface area (Å²) in [5.41, 5.74) is -1.73. The van der Waals surface area contributed by atoms with E-state index in [4.69, 9.17) is 9.47 Å². The van der Waals surface area contributed by atoms with Crippen molar-refractivity contribution >= 4 is 18.0 Å². The molecule has 1 fully saturated rings. The van der Waals surface area contributed by atoms with E-state index in [1.54, 1.807) is 32.9 Å². The number of fused-ring (bicyclic) bond motifs is 1. The Balaban J connectivity index is 1.78. The maximum Gasteiger partial charge on any atom is 0.414 e. The number of guanidine groups is 1. The molecule has 0 bridgehead atoms. The van der Waals surface area contributed by atoms with E-state index < -0.39 is 46.8 Å². The van der Waals surface area contributed by atoms with Gasteiger partial charge in [0.2, 0.25) is 11.9 Å². The minimum Gasteiger partial charge on any atom is -0.508 e. The predicted octanol–water partition coefficient (Wildman–Crippen LogP) is 4.00.